The van der Waals surface area contributed by atoms with Gasteiger partial charge >= 0.3 is 0 Å². The molecule has 0 bridgehead atoms. The Hall–Kier alpha value is -0.490. The molecule has 0 saturated carbocycles. The number of halogens is 1. The average molecular weight is 292 g/mol. The first-order chi connectivity index (χ1) is 6.09. The summed E-state index contributed by atoms with van der Waals surface area (Å²) < 4.78 is 0.0150. The van der Waals surface area contributed by atoms with Crippen molar-refractivity contribution in [3.8, 4) is 0 Å². The second kappa shape index (κ2) is 4.66. The molecular formula is C9H13IN2O. The number of aliphatic hydroxyl groups excluding tert-OH is 1. The molecule has 0 fully saturated rings. The second-order valence-corrected chi connectivity index (χ2v) is 4.25. The first-order valence-electron chi connectivity index (χ1n) is 4.04. The van der Waals surface area contributed by atoms with Gasteiger partial charge in [-0.3, -0.25) is 0 Å². The van der Waals surface area contributed by atoms with E-state index in [4.69, 9.17) is 5.73 Å². The van der Waals surface area contributed by atoms with Crippen molar-refractivity contribution in [1.29, 1.82) is 0 Å². The molecular weight excluding hydrogens is 279 g/mol. The van der Waals surface area contributed by atoms with E-state index in [1.807, 2.05) is 24.3 Å². The van der Waals surface area contributed by atoms with Gasteiger partial charge < -0.3 is 16.2 Å². The fourth-order valence-corrected chi connectivity index (χ4v) is 1.22. The van der Waals surface area contributed by atoms with E-state index in [0.29, 0.717) is 0 Å². The maximum absolute atomic E-state index is 9.24. The zero-order valence-corrected chi connectivity index (χ0v) is 9.52. The standard InChI is InChI=1S/C9H13IN2O/c1-6(13)9(10)12-8-4-2-7(11)3-5-8/h2-6,9,12-13H,11H2,1H3. The van der Waals surface area contributed by atoms with E-state index >= 15 is 0 Å². The second-order valence-electron chi connectivity index (χ2n) is 2.91. The lowest BCUT2D eigenvalue weighted by Crippen LogP contribution is -2.24. The number of hydrogen-bond donors (Lipinski definition) is 3. The van der Waals surface area contributed by atoms with Crippen molar-refractivity contribution < 1.29 is 5.11 Å². The van der Waals surface area contributed by atoms with Gasteiger partial charge in [-0.2, -0.15) is 0 Å². The van der Waals surface area contributed by atoms with Gasteiger partial charge in [0.2, 0.25) is 0 Å². The van der Waals surface area contributed by atoms with Crippen molar-refractivity contribution in [3.63, 3.8) is 0 Å². The van der Waals surface area contributed by atoms with Crippen LogP contribution in [0.2, 0.25) is 0 Å². The molecule has 1 rings (SSSR count). The maximum Gasteiger partial charge on any atom is 0.104 e. The van der Waals surface area contributed by atoms with Crippen molar-refractivity contribution in [1.82, 2.24) is 0 Å². The van der Waals surface area contributed by atoms with Crippen LogP contribution in [-0.4, -0.2) is 15.3 Å². The quantitative estimate of drug-likeness (QED) is 0.345. The zero-order valence-electron chi connectivity index (χ0n) is 7.37. The minimum Gasteiger partial charge on any atom is -0.399 e. The van der Waals surface area contributed by atoms with Gasteiger partial charge in [-0.05, 0) is 31.2 Å². The molecule has 72 valence electrons. The van der Waals surface area contributed by atoms with Gasteiger partial charge in [-0.25, -0.2) is 0 Å². The van der Waals surface area contributed by atoms with Crippen LogP contribution in [0.15, 0.2) is 24.3 Å². The number of nitrogens with two attached hydrogens (primary N) is 1. The Labute approximate surface area is 91.5 Å². The molecule has 0 radical (unpaired) electrons. The highest BCUT2D eigenvalue weighted by atomic mass is 127. The highest BCUT2D eigenvalue weighted by Gasteiger charge is 2.09. The van der Waals surface area contributed by atoms with Gasteiger partial charge in [0, 0.05) is 11.4 Å². The van der Waals surface area contributed by atoms with Crippen LogP contribution < -0.4 is 11.1 Å². The average Bonchev–Trinajstić information content (AvgIpc) is 2.08. The predicted octanol–water partition coefficient (Wildman–Crippen LogP) is 1.82. The highest BCUT2D eigenvalue weighted by molar-refractivity contribution is 14.1. The van der Waals surface area contributed by atoms with Crippen LogP contribution in [0.5, 0.6) is 0 Å². The van der Waals surface area contributed by atoms with E-state index in [-0.39, 0.29) is 10.2 Å². The lowest BCUT2D eigenvalue weighted by atomic mass is 10.3. The van der Waals surface area contributed by atoms with E-state index in [1.165, 1.54) is 0 Å². The molecule has 0 saturated heterocycles. The number of hydrogen-bond acceptors (Lipinski definition) is 3. The smallest absolute Gasteiger partial charge is 0.104 e. The Kier molecular flexibility index (Phi) is 3.80. The molecule has 13 heavy (non-hydrogen) atoms. The third-order valence-electron chi connectivity index (χ3n) is 1.64. The summed E-state index contributed by atoms with van der Waals surface area (Å²) in [6.07, 6.45) is -0.377. The molecule has 2 atom stereocenters. The SMILES string of the molecule is CC(O)C(I)Nc1ccc(N)cc1. The normalized spacial score (nSPS) is 15.0. The Morgan fingerprint density at radius 2 is 1.92 bits per heavy atom. The number of anilines is 2. The van der Waals surface area contributed by atoms with Crippen LogP contribution in [0, 0.1) is 0 Å². The van der Waals surface area contributed by atoms with Gasteiger partial charge in [-0.15, -0.1) is 0 Å². The number of rotatable bonds is 3. The van der Waals surface area contributed by atoms with Crippen LogP contribution in [0.4, 0.5) is 11.4 Å². The number of benzene rings is 1. The third kappa shape index (κ3) is 3.40. The molecule has 0 aliphatic heterocycles. The molecule has 4 heteroatoms. The van der Waals surface area contributed by atoms with Gasteiger partial charge in [0.1, 0.15) is 4.05 Å². The maximum atomic E-state index is 9.24. The van der Waals surface area contributed by atoms with Gasteiger partial charge in [0.25, 0.3) is 0 Å². The van der Waals surface area contributed by atoms with Crippen molar-refractivity contribution in [3.05, 3.63) is 24.3 Å². The van der Waals surface area contributed by atoms with Gasteiger partial charge in [0.15, 0.2) is 0 Å². The summed E-state index contributed by atoms with van der Waals surface area (Å²) in [7, 11) is 0. The van der Waals surface area contributed by atoms with E-state index in [1.54, 1.807) is 6.92 Å². The lowest BCUT2D eigenvalue weighted by Gasteiger charge is -2.16. The number of alkyl halides is 1. The van der Waals surface area contributed by atoms with Crippen molar-refractivity contribution >= 4 is 34.0 Å². The van der Waals surface area contributed by atoms with Crippen LogP contribution in [-0.2, 0) is 0 Å². The summed E-state index contributed by atoms with van der Waals surface area (Å²) in [6, 6.07) is 7.44. The summed E-state index contributed by atoms with van der Waals surface area (Å²) in [5.41, 5.74) is 7.25. The van der Waals surface area contributed by atoms with Crippen molar-refractivity contribution in [2.24, 2.45) is 0 Å². The Morgan fingerprint density at radius 1 is 1.38 bits per heavy atom. The molecule has 3 nitrogen and oxygen atoms in total. The molecule has 0 aliphatic carbocycles. The Morgan fingerprint density at radius 3 is 2.38 bits per heavy atom. The number of nitrogen functional groups attached to an aromatic ring is 1. The fourth-order valence-electron chi connectivity index (χ4n) is 0.859. The van der Waals surface area contributed by atoms with Gasteiger partial charge in [0.05, 0.1) is 6.10 Å². The van der Waals surface area contributed by atoms with Crippen LogP contribution in [0.25, 0.3) is 0 Å². The van der Waals surface area contributed by atoms with E-state index in [0.717, 1.165) is 11.4 Å². The number of nitrogens with one attached hydrogen (secondary N) is 1. The van der Waals surface area contributed by atoms with Crippen LogP contribution >= 0.6 is 22.6 Å². The Bertz CT molecular complexity index is 261. The summed E-state index contributed by atoms with van der Waals surface area (Å²) in [4.78, 5) is 0. The third-order valence-corrected chi connectivity index (χ3v) is 2.99. The Balaban J connectivity index is 2.59. The molecule has 2 unspecified atom stereocenters. The zero-order chi connectivity index (χ0) is 9.84. The molecule has 4 N–H and O–H groups in total. The monoisotopic (exact) mass is 292 g/mol. The van der Waals surface area contributed by atoms with Crippen molar-refractivity contribution in [2.75, 3.05) is 11.1 Å². The predicted molar refractivity (Wildman–Crippen MR) is 64.0 cm³/mol. The molecule has 1 aromatic carbocycles. The molecule has 0 aliphatic rings. The number of aliphatic hydroxyl groups is 1. The minimum atomic E-state index is -0.377. The fraction of sp³-hybridized carbons (Fsp3) is 0.333. The minimum absolute atomic E-state index is 0.0150. The lowest BCUT2D eigenvalue weighted by molar-refractivity contribution is 0.203. The highest BCUT2D eigenvalue weighted by Crippen LogP contribution is 2.15. The van der Waals surface area contributed by atoms with Crippen molar-refractivity contribution in [2.45, 2.75) is 17.1 Å². The molecule has 1 aromatic rings. The molecule has 0 heterocycles. The summed E-state index contributed by atoms with van der Waals surface area (Å²) >= 11 is 2.15. The molecule has 0 spiro atoms. The molecule has 0 amide bonds. The summed E-state index contributed by atoms with van der Waals surface area (Å²) in [6.45, 7) is 1.75. The summed E-state index contributed by atoms with van der Waals surface area (Å²) in [5.74, 6) is 0. The first kappa shape index (κ1) is 10.6. The van der Waals surface area contributed by atoms with Crippen LogP contribution in [0.3, 0.4) is 0 Å². The largest absolute Gasteiger partial charge is 0.399 e. The van der Waals surface area contributed by atoms with E-state index < -0.39 is 0 Å². The summed E-state index contributed by atoms with van der Waals surface area (Å²) in [5, 5.41) is 12.4. The first-order valence-corrected chi connectivity index (χ1v) is 5.28. The topological polar surface area (TPSA) is 58.3 Å². The van der Waals surface area contributed by atoms with Crippen LogP contribution in [0.1, 0.15) is 6.92 Å². The van der Waals surface area contributed by atoms with Gasteiger partial charge in [-0.1, -0.05) is 22.6 Å². The molecule has 0 aromatic heterocycles. The van der Waals surface area contributed by atoms with E-state index in [2.05, 4.69) is 27.9 Å². The van der Waals surface area contributed by atoms with E-state index in [9.17, 15) is 5.11 Å².